The van der Waals surface area contributed by atoms with Crippen LogP contribution in [-0.2, 0) is 39.4 Å². The van der Waals surface area contributed by atoms with Gasteiger partial charge in [-0.15, -0.1) is 0 Å². The van der Waals surface area contributed by atoms with Gasteiger partial charge in [0, 0.05) is 13.1 Å². The first kappa shape index (κ1) is 48.6. The van der Waals surface area contributed by atoms with Gasteiger partial charge in [-0.3, -0.25) is 18.7 Å². The van der Waals surface area contributed by atoms with E-state index < -0.39 is 67.3 Å². The molecule has 236 valence electrons. The predicted molar refractivity (Wildman–Crippen MR) is 143 cm³/mol. The number of carboxylic acid groups (broad SMARTS) is 2. The Morgan fingerprint density at radius 2 is 0.833 bits per heavy atom. The molecule has 0 saturated carbocycles. The number of carboxylic acids is 2. The summed E-state index contributed by atoms with van der Waals surface area (Å²) in [5, 5.41) is 21.5. The average Bonchev–Trinajstić information content (AvgIpc) is 2.83. The van der Waals surface area contributed by atoms with Crippen LogP contribution in [0.2, 0.25) is 0 Å². The van der Waals surface area contributed by atoms with Gasteiger partial charge in [-0.2, -0.15) is 16.8 Å². The maximum atomic E-state index is 11.4. The van der Waals surface area contributed by atoms with E-state index in [2.05, 4.69) is 24.5 Å². The van der Waals surface area contributed by atoms with Crippen molar-refractivity contribution in [3.63, 3.8) is 0 Å². The van der Waals surface area contributed by atoms with Crippen LogP contribution >= 0.6 is 0 Å². The van der Waals surface area contributed by atoms with E-state index in [1.54, 1.807) is 0 Å². The molecule has 14 nitrogen and oxygen atoms in total. The molecule has 0 aliphatic heterocycles. The average molecular weight is 663 g/mol. The number of hydrogen-bond acceptors (Lipinski definition) is 10. The summed E-state index contributed by atoms with van der Waals surface area (Å²) in [5.74, 6) is -5.43. The zero-order valence-electron chi connectivity index (χ0n) is 25.3. The van der Waals surface area contributed by atoms with Crippen LogP contribution < -0.4 is 80.0 Å². The number of hydrogen-bond donors (Lipinski definition) is 4. The van der Waals surface area contributed by atoms with E-state index in [1.807, 2.05) is 0 Å². The fourth-order valence-electron chi connectivity index (χ4n) is 3.37. The van der Waals surface area contributed by atoms with Crippen LogP contribution in [-0.4, -0.2) is 73.3 Å². The van der Waals surface area contributed by atoms with E-state index in [4.69, 9.17) is 9.11 Å². The first-order valence-electron chi connectivity index (χ1n) is 13.5. The van der Waals surface area contributed by atoms with Gasteiger partial charge in [0.25, 0.3) is 20.2 Å². The van der Waals surface area contributed by atoms with E-state index in [-0.39, 0.29) is 59.1 Å². The summed E-state index contributed by atoms with van der Waals surface area (Å²) >= 11 is 0. The Bertz CT molecular complexity index is 902. The predicted octanol–water partition coefficient (Wildman–Crippen LogP) is -6.27. The van der Waals surface area contributed by atoms with E-state index in [1.165, 1.54) is 12.8 Å². The molecule has 0 aromatic heterocycles. The first-order chi connectivity index (χ1) is 18.6. The van der Waals surface area contributed by atoms with Crippen LogP contribution in [0.1, 0.15) is 104 Å². The Morgan fingerprint density at radius 3 is 1.07 bits per heavy atom. The van der Waals surface area contributed by atoms with Crippen LogP contribution in [0.5, 0.6) is 0 Å². The first-order valence-corrected chi connectivity index (χ1v) is 16.5. The standard InChI is InChI=1S/2C12H23NO6S.2Na/c2*1-2-3-4-5-6-7-8-13-11(14)9-10(12(15)16)20(17,18)19;;/h2*10H,2-9H2,1H3,(H,13,14)(H,15,16)(H,17,18,19);;/q;;2*+1/p-2. The number of aliphatic carboxylic acids is 2. The van der Waals surface area contributed by atoms with Gasteiger partial charge in [0.2, 0.25) is 11.8 Å². The molecule has 4 N–H and O–H groups in total. The molecule has 2 amide bonds. The second kappa shape index (κ2) is 28.2. The minimum Gasteiger partial charge on any atom is -0.549 e. The molecule has 0 bridgehead atoms. The Labute approximate surface area is 294 Å². The van der Waals surface area contributed by atoms with Crippen molar-refractivity contribution in [2.45, 2.75) is 114 Å². The van der Waals surface area contributed by atoms with Gasteiger partial charge in [0.15, 0.2) is 0 Å². The van der Waals surface area contributed by atoms with Crippen molar-refractivity contribution >= 4 is 44.0 Å². The number of unbranched alkanes of at least 4 members (excludes halogenated alkanes) is 10. The molecule has 42 heavy (non-hydrogen) atoms. The van der Waals surface area contributed by atoms with Crippen molar-refractivity contribution in [2.75, 3.05) is 13.1 Å². The van der Waals surface area contributed by atoms with Crippen molar-refractivity contribution in [3.05, 3.63) is 0 Å². The van der Waals surface area contributed by atoms with Crippen LogP contribution in [0.3, 0.4) is 0 Å². The fourth-order valence-corrected chi connectivity index (χ4v) is 4.58. The van der Waals surface area contributed by atoms with Crippen molar-refractivity contribution in [1.29, 1.82) is 0 Å². The third-order valence-electron chi connectivity index (χ3n) is 5.69. The number of carbonyl (C=O) groups excluding carboxylic acids is 4. The van der Waals surface area contributed by atoms with E-state index >= 15 is 0 Å². The van der Waals surface area contributed by atoms with E-state index in [0.29, 0.717) is 13.1 Å². The van der Waals surface area contributed by atoms with Gasteiger partial charge in [0.1, 0.15) is 10.5 Å². The molecule has 2 unspecified atom stereocenters. The van der Waals surface area contributed by atoms with E-state index in [0.717, 1.165) is 64.2 Å². The number of nitrogens with one attached hydrogen (secondary N) is 2. The normalized spacial score (nSPS) is 12.3. The van der Waals surface area contributed by atoms with E-state index in [9.17, 15) is 46.2 Å². The Kier molecular flexibility index (Phi) is 32.6. The molecule has 0 radical (unpaired) electrons. The van der Waals surface area contributed by atoms with Crippen LogP contribution in [0.25, 0.3) is 0 Å². The quantitative estimate of drug-likeness (QED) is 0.0480. The maximum Gasteiger partial charge on any atom is 1.00 e. The van der Waals surface area contributed by atoms with Crippen molar-refractivity contribution in [1.82, 2.24) is 10.6 Å². The summed E-state index contributed by atoms with van der Waals surface area (Å²) in [6.45, 7) is 4.94. The largest absolute Gasteiger partial charge is 1.00 e. The van der Waals surface area contributed by atoms with Gasteiger partial charge in [-0.25, -0.2) is 0 Å². The summed E-state index contributed by atoms with van der Waals surface area (Å²) in [4.78, 5) is 43.8. The molecule has 0 saturated heterocycles. The second-order valence-corrected chi connectivity index (χ2v) is 12.5. The monoisotopic (exact) mass is 662 g/mol. The molecule has 0 aromatic rings. The Morgan fingerprint density at radius 1 is 0.571 bits per heavy atom. The second-order valence-electron chi connectivity index (χ2n) is 9.29. The van der Waals surface area contributed by atoms with Crippen LogP contribution in [0, 0.1) is 0 Å². The SMILES string of the molecule is CCCCCCCCNC(=O)CC(C(=O)[O-])S(=O)(=O)O.CCCCCCCCNC(=O)CC(C(=O)[O-])S(=O)(=O)O.[Na+].[Na+]. The molecule has 2 atom stereocenters. The molecular formula is C24H44N2Na2O12S2. The zero-order valence-corrected chi connectivity index (χ0v) is 30.9. The van der Waals surface area contributed by atoms with Crippen LogP contribution in [0.4, 0.5) is 0 Å². The third-order valence-corrected chi connectivity index (χ3v) is 7.85. The third kappa shape index (κ3) is 28.5. The molecule has 0 heterocycles. The van der Waals surface area contributed by atoms with Gasteiger partial charge >= 0.3 is 59.1 Å². The Hall–Kier alpha value is -0.300. The maximum absolute atomic E-state index is 11.4. The van der Waals surface area contributed by atoms with Crippen LogP contribution in [0.15, 0.2) is 0 Å². The molecule has 0 aromatic carbocycles. The summed E-state index contributed by atoms with van der Waals surface area (Å²) in [6, 6.07) is 0. The fraction of sp³-hybridized carbons (Fsp3) is 0.833. The molecule has 0 aliphatic carbocycles. The number of amides is 2. The summed E-state index contributed by atoms with van der Waals surface area (Å²) in [5.41, 5.74) is 0. The van der Waals surface area contributed by atoms with Gasteiger partial charge in [0.05, 0.1) is 24.8 Å². The van der Waals surface area contributed by atoms with Gasteiger partial charge in [-0.1, -0.05) is 78.1 Å². The van der Waals surface area contributed by atoms with Crippen molar-refractivity contribution in [3.8, 4) is 0 Å². The molecule has 18 heteroatoms. The number of carbonyl (C=O) groups is 4. The molecule has 0 spiro atoms. The van der Waals surface area contributed by atoms with Gasteiger partial charge in [-0.05, 0) is 12.8 Å². The minimum absolute atomic E-state index is 0. The van der Waals surface area contributed by atoms with Gasteiger partial charge < -0.3 is 30.4 Å². The molecular weight excluding hydrogens is 618 g/mol. The topological polar surface area (TPSA) is 247 Å². The summed E-state index contributed by atoms with van der Waals surface area (Å²) in [7, 11) is -9.66. The smallest absolute Gasteiger partial charge is 0.549 e. The Balaban J connectivity index is -0.000000328. The molecule has 0 aliphatic rings. The summed E-state index contributed by atoms with van der Waals surface area (Å²) in [6.07, 6.45) is 10.8. The number of rotatable bonds is 22. The summed E-state index contributed by atoms with van der Waals surface area (Å²) < 4.78 is 60.3. The molecule has 0 fully saturated rings. The van der Waals surface area contributed by atoms with Crippen molar-refractivity contribution in [2.24, 2.45) is 0 Å². The minimum atomic E-state index is -4.83. The zero-order chi connectivity index (χ0) is 31.2. The molecule has 0 rings (SSSR count). The van der Waals surface area contributed by atoms with Crippen molar-refractivity contribution < 1.29 is 114 Å².